The molecule has 0 atom stereocenters. The second-order valence-electron chi connectivity index (χ2n) is 2.46. The van der Waals surface area contributed by atoms with Gasteiger partial charge in [-0.2, -0.15) is 0 Å². The highest BCUT2D eigenvalue weighted by atomic mass is 127. The molecule has 0 aliphatic carbocycles. The number of halogens is 4. The van der Waals surface area contributed by atoms with Crippen molar-refractivity contribution in [3.05, 3.63) is 27.3 Å². The Morgan fingerprint density at radius 1 is 1.36 bits per heavy atom. The predicted octanol–water partition coefficient (Wildman–Crippen LogP) is 2.68. The maximum atomic E-state index is 11.9. The molecule has 0 spiro atoms. The van der Waals surface area contributed by atoms with E-state index in [-0.39, 0.29) is 11.3 Å². The maximum absolute atomic E-state index is 11.9. The smallest absolute Gasteiger partial charge is 0.405 e. The Labute approximate surface area is 91.8 Å². The quantitative estimate of drug-likeness (QED) is 0.850. The van der Waals surface area contributed by atoms with Crippen molar-refractivity contribution < 1.29 is 23.0 Å². The highest BCUT2D eigenvalue weighted by molar-refractivity contribution is 14.1. The van der Waals surface area contributed by atoms with Crippen LogP contribution < -0.4 is 4.74 Å². The summed E-state index contributed by atoms with van der Waals surface area (Å²) in [6, 6.07) is 4.09. The second kappa shape index (κ2) is 4.35. The summed E-state index contributed by atoms with van der Waals surface area (Å²) < 4.78 is 40.0. The predicted molar refractivity (Wildman–Crippen MR) is 51.8 cm³/mol. The van der Waals surface area contributed by atoms with Crippen LogP contribution in [-0.4, -0.2) is 11.5 Å². The first-order valence-electron chi connectivity index (χ1n) is 3.57. The first-order valence-corrected chi connectivity index (χ1v) is 4.65. The molecule has 1 aromatic rings. The molecule has 1 rings (SSSR count). The van der Waals surface area contributed by atoms with Crippen LogP contribution in [0.2, 0.25) is 0 Å². The number of alkyl halides is 3. The number of benzene rings is 1. The molecule has 0 fully saturated rings. The Hall–Kier alpha value is -0.500. The fraction of sp³-hybridized carbons (Fsp3) is 0.250. The number of hydrogen-bond acceptors (Lipinski definition) is 2. The molecule has 1 N–H and O–H groups in total. The SMILES string of the molecule is OCc1cc(I)ccc1OC(F)(F)F. The molecule has 78 valence electrons. The molecule has 6 heteroatoms. The third-order valence-electron chi connectivity index (χ3n) is 1.42. The molecule has 0 heterocycles. The van der Waals surface area contributed by atoms with Gasteiger partial charge in [0.1, 0.15) is 5.75 Å². The van der Waals surface area contributed by atoms with Crippen molar-refractivity contribution in [2.45, 2.75) is 13.0 Å². The maximum Gasteiger partial charge on any atom is 0.573 e. The third-order valence-corrected chi connectivity index (χ3v) is 2.09. The average molecular weight is 318 g/mol. The number of aliphatic hydroxyl groups excluding tert-OH is 1. The molecule has 2 nitrogen and oxygen atoms in total. The Morgan fingerprint density at radius 2 is 2.00 bits per heavy atom. The highest BCUT2D eigenvalue weighted by Gasteiger charge is 2.31. The fourth-order valence-corrected chi connectivity index (χ4v) is 1.45. The van der Waals surface area contributed by atoms with E-state index in [1.165, 1.54) is 18.2 Å². The molecule has 0 aromatic heterocycles. The number of ether oxygens (including phenoxy) is 1. The van der Waals surface area contributed by atoms with Gasteiger partial charge in [0.15, 0.2) is 0 Å². The Balaban J connectivity index is 2.97. The van der Waals surface area contributed by atoms with Gasteiger partial charge >= 0.3 is 6.36 Å². The first-order chi connectivity index (χ1) is 6.42. The minimum atomic E-state index is -4.73. The molecule has 14 heavy (non-hydrogen) atoms. The van der Waals surface area contributed by atoms with Crippen LogP contribution in [0.25, 0.3) is 0 Å². The second-order valence-corrected chi connectivity index (χ2v) is 3.70. The van der Waals surface area contributed by atoms with Crippen LogP contribution >= 0.6 is 22.6 Å². The topological polar surface area (TPSA) is 29.5 Å². The van der Waals surface area contributed by atoms with Crippen LogP contribution in [0.15, 0.2) is 18.2 Å². The molecular weight excluding hydrogens is 312 g/mol. The van der Waals surface area contributed by atoms with Crippen molar-refractivity contribution in [3.8, 4) is 5.75 Å². The summed E-state index contributed by atoms with van der Waals surface area (Å²) in [6.45, 7) is -0.484. The van der Waals surface area contributed by atoms with E-state index in [1.807, 2.05) is 22.6 Å². The monoisotopic (exact) mass is 318 g/mol. The van der Waals surface area contributed by atoms with Crippen LogP contribution in [0.4, 0.5) is 13.2 Å². The lowest BCUT2D eigenvalue weighted by atomic mass is 10.2. The van der Waals surface area contributed by atoms with Crippen molar-refractivity contribution in [2.75, 3.05) is 0 Å². The Morgan fingerprint density at radius 3 is 2.50 bits per heavy atom. The third kappa shape index (κ3) is 3.33. The van der Waals surface area contributed by atoms with E-state index in [2.05, 4.69) is 4.74 Å². The van der Waals surface area contributed by atoms with E-state index < -0.39 is 13.0 Å². The fourth-order valence-electron chi connectivity index (χ4n) is 0.896. The van der Waals surface area contributed by atoms with Gasteiger partial charge in [0.25, 0.3) is 0 Å². The average Bonchev–Trinajstić information content (AvgIpc) is 2.06. The first kappa shape index (κ1) is 11.6. The zero-order chi connectivity index (χ0) is 10.8. The van der Waals surface area contributed by atoms with E-state index in [0.717, 1.165) is 3.57 Å². The van der Waals surface area contributed by atoms with Crippen molar-refractivity contribution in [3.63, 3.8) is 0 Å². The molecular formula is C8H6F3IO2. The van der Waals surface area contributed by atoms with Crippen LogP contribution in [-0.2, 0) is 6.61 Å². The van der Waals surface area contributed by atoms with E-state index in [9.17, 15) is 13.2 Å². The van der Waals surface area contributed by atoms with Crippen LogP contribution in [0, 0.1) is 3.57 Å². The van der Waals surface area contributed by atoms with Gasteiger partial charge in [0.2, 0.25) is 0 Å². The van der Waals surface area contributed by atoms with Crippen molar-refractivity contribution in [1.29, 1.82) is 0 Å². The summed E-state index contributed by atoms with van der Waals surface area (Å²) in [4.78, 5) is 0. The van der Waals surface area contributed by atoms with E-state index in [0.29, 0.717) is 0 Å². The van der Waals surface area contributed by atoms with E-state index in [4.69, 9.17) is 5.11 Å². The zero-order valence-electron chi connectivity index (χ0n) is 6.81. The Kier molecular flexibility index (Phi) is 3.59. The molecule has 0 saturated heterocycles. The zero-order valence-corrected chi connectivity index (χ0v) is 8.96. The number of rotatable bonds is 2. The summed E-state index contributed by atoms with van der Waals surface area (Å²) in [5, 5.41) is 8.79. The minimum absolute atomic E-state index is 0.120. The lowest BCUT2D eigenvalue weighted by Gasteiger charge is -2.11. The molecule has 0 bridgehead atoms. The molecule has 0 amide bonds. The Bertz CT molecular complexity index is 325. The highest BCUT2D eigenvalue weighted by Crippen LogP contribution is 2.27. The van der Waals surface area contributed by atoms with Gasteiger partial charge in [0.05, 0.1) is 6.61 Å². The van der Waals surface area contributed by atoms with Gasteiger partial charge in [-0.05, 0) is 40.8 Å². The molecule has 0 unspecified atom stereocenters. The molecule has 0 aliphatic rings. The van der Waals surface area contributed by atoms with Gasteiger partial charge in [-0.3, -0.25) is 0 Å². The van der Waals surface area contributed by atoms with Crippen LogP contribution in [0.1, 0.15) is 5.56 Å². The van der Waals surface area contributed by atoms with Gasteiger partial charge in [-0.15, -0.1) is 13.2 Å². The van der Waals surface area contributed by atoms with Crippen LogP contribution in [0.3, 0.4) is 0 Å². The van der Waals surface area contributed by atoms with Gasteiger partial charge in [-0.1, -0.05) is 0 Å². The number of aliphatic hydroxyl groups is 1. The lowest BCUT2D eigenvalue weighted by Crippen LogP contribution is -2.18. The van der Waals surface area contributed by atoms with E-state index in [1.54, 1.807) is 0 Å². The van der Waals surface area contributed by atoms with Crippen molar-refractivity contribution >= 4 is 22.6 Å². The summed E-state index contributed by atoms with van der Waals surface area (Å²) in [7, 11) is 0. The molecule has 0 aliphatic heterocycles. The summed E-state index contributed by atoms with van der Waals surface area (Å²) >= 11 is 1.93. The van der Waals surface area contributed by atoms with Crippen molar-refractivity contribution in [1.82, 2.24) is 0 Å². The lowest BCUT2D eigenvalue weighted by molar-refractivity contribution is -0.275. The van der Waals surface area contributed by atoms with E-state index >= 15 is 0 Å². The normalized spacial score (nSPS) is 11.5. The molecule has 0 saturated carbocycles. The molecule has 0 radical (unpaired) electrons. The minimum Gasteiger partial charge on any atom is -0.405 e. The number of hydrogen-bond donors (Lipinski definition) is 1. The van der Waals surface area contributed by atoms with Crippen LogP contribution in [0.5, 0.6) is 5.75 Å². The summed E-state index contributed by atoms with van der Waals surface area (Å²) in [5.41, 5.74) is 0.120. The summed E-state index contributed by atoms with van der Waals surface area (Å²) in [6.07, 6.45) is -4.73. The standard InChI is InChI=1S/C8H6F3IO2/c9-8(10,11)14-7-2-1-6(12)3-5(7)4-13/h1-3,13H,4H2. The molecule has 1 aromatic carbocycles. The van der Waals surface area contributed by atoms with Gasteiger partial charge in [0, 0.05) is 9.13 Å². The largest absolute Gasteiger partial charge is 0.573 e. The van der Waals surface area contributed by atoms with Gasteiger partial charge in [-0.25, -0.2) is 0 Å². The van der Waals surface area contributed by atoms with Crippen molar-refractivity contribution in [2.24, 2.45) is 0 Å². The summed E-state index contributed by atoms with van der Waals surface area (Å²) in [5.74, 6) is -0.361. The van der Waals surface area contributed by atoms with Gasteiger partial charge < -0.3 is 9.84 Å².